The number of aliphatic hydroxyl groups is 1. The molecule has 18 heavy (non-hydrogen) atoms. The molecule has 1 aromatic rings. The molecule has 0 unspecified atom stereocenters. The molecular formula is C10H14N4O4. The molecule has 0 heterocycles. The normalized spacial score (nSPS) is 9.94. The maximum absolute atomic E-state index is 12.0. The number of rotatable bonds is 5. The van der Waals surface area contributed by atoms with Gasteiger partial charge < -0.3 is 15.4 Å². The van der Waals surface area contributed by atoms with Gasteiger partial charge in [-0.25, -0.2) is 0 Å². The van der Waals surface area contributed by atoms with Crippen LogP contribution in [0.2, 0.25) is 0 Å². The first-order valence-corrected chi connectivity index (χ1v) is 5.12. The van der Waals surface area contributed by atoms with E-state index in [1.165, 1.54) is 24.1 Å². The van der Waals surface area contributed by atoms with E-state index in [2.05, 4.69) is 5.43 Å². The number of aliphatic hydroxyl groups excluding tert-OH is 1. The van der Waals surface area contributed by atoms with Crippen LogP contribution in [0.15, 0.2) is 18.2 Å². The van der Waals surface area contributed by atoms with Gasteiger partial charge >= 0.3 is 0 Å². The minimum Gasteiger partial charge on any atom is -0.395 e. The average molecular weight is 254 g/mol. The van der Waals surface area contributed by atoms with Crippen molar-refractivity contribution in [3.05, 3.63) is 33.9 Å². The van der Waals surface area contributed by atoms with Crippen LogP contribution in [0.5, 0.6) is 0 Å². The lowest BCUT2D eigenvalue weighted by Gasteiger charge is -2.17. The van der Waals surface area contributed by atoms with E-state index in [9.17, 15) is 14.9 Å². The van der Waals surface area contributed by atoms with E-state index in [0.717, 1.165) is 6.07 Å². The maximum atomic E-state index is 12.0. The number of nitro groups is 1. The Morgan fingerprint density at radius 3 is 2.78 bits per heavy atom. The molecule has 98 valence electrons. The third-order valence-electron chi connectivity index (χ3n) is 2.38. The minimum absolute atomic E-state index is 0.0858. The molecule has 1 amide bonds. The summed E-state index contributed by atoms with van der Waals surface area (Å²) in [7, 11) is 1.48. The lowest BCUT2D eigenvalue weighted by atomic mass is 10.1. The zero-order chi connectivity index (χ0) is 13.7. The molecule has 0 aliphatic heterocycles. The fourth-order valence-corrected chi connectivity index (χ4v) is 1.41. The van der Waals surface area contributed by atoms with Crippen molar-refractivity contribution in [1.29, 1.82) is 0 Å². The molecule has 1 rings (SSSR count). The number of amides is 1. The van der Waals surface area contributed by atoms with Crippen LogP contribution in [0.3, 0.4) is 0 Å². The van der Waals surface area contributed by atoms with Gasteiger partial charge in [-0.05, 0) is 6.07 Å². The van der Waals surface area contributed by atoms with Crippen LogP contribution in [0.1, 0.15) is 10.4 Å². The number of nitrogen functional groups attached to an aromatic ring is 1. The molecule has 0 spiro atoms. The van der Waals surface area contributed by atoms with E-state index in [4.69, 9.17) is 10.9 Å². The zero-order valence-corrected chi connectivity index (χ0v) is 9.79. The summed E-state index contributed by atoms with van der Waals surface area (Å²) in [5.74, 6) is 4.79. The lowest BCUT2D eigenvalue weighted by Crippen LogP contribution is -2.30. The largest absolute Gasteiger partial charge is 0.395 e. The van der Waals surface area contributed by atoms with E-state index in [-0.39, 0.29) is 30.1 Å². The van der Waals surface area contributed by atoms with E-state index in [1.807, 2.05) is 0 Å². The van der Waals surface area contributed by atoms with Crippen molar-refractivity contribution in [3.63, 3.8) is 0 Å². The smallest absolute Gasteiger partial charge is 0.270 e. The van der Waals surface area contributed by atoms with E-state index in [1.54, 1.807) is 0 Å². The number of carbonyl (C=O) groups excluding carboxylic acids is 1. The van der Waals surface area contributed by atoms with E-state index in [0.29, 0.717) is 0 Å². The Morgan fingerprint density at radius 2 is 2.28 bits per heavy atom. The molecule has 0 aliphatic carbocycles. The van der Waals surface area contributed by atoms with Crippen LogP contribution in [0, 0.1) is 10.1 Å². The number of benzene rings is 1. The van der Waals surface area contributed by atoms with Gasteiger partial charge in [0.15, 0.2) is 0 Å². The standard InChI is InChI=1S/C10H14N4O4/c1-13(4-5-15)10(16)8-6-7(14(17)18)2-3-9(8)12-11/h2-3,6,12,15H,4-5,11H2,1H3. The van der Waals surface area contributed by atoms with Gasteiger partial charge in [0.2, 0.25) is 0 Å². The van der Waals surface area contributed by atoms with Crippen molar-refractivity contribution in [1.82, 2.24) is 4.90 Å². The lowest BCUT2D eigenvalue weighted by molar-refractivity contribution is -0.384. The van der Waals surface area contributed by atoms with Crippen LogP contribution in [0.25, 0.3) is 0 Å². The average Bonchev–Trinajstić information content (AvgIpc) is 2.37. The Hall–Kier alpha value is -2.19. The zero-order valence-electron chi connectivity index (χ0n) is 9.79. The summed E-state index contributed by atoms with van der Waals surface area (Å²) >= 11 is 0. The second-order valence-electron chi connectivity index (χ2n) is 3.58. The van der Waals surface area contributed by atoms with Gasteiger partial charge in [0.1, 0.15) is 0 Å². The van der Waals surface area contributed by atoms with Crippen LogP contribution in [-0.4, -0.2) is 41.0 Å². The molecule has 0 aliphatic rings. The molecule has 0 atom stereocenters. The van der Waals surface area contributed by atoms with Crippen LogP contribution in [0.4, 0.5) is 11.4 Å². The predicted octanol–water partition coefficient (Wildman–Crippen LogP) is -0.0553. The summed E-state index contributed by atoms with van der Waals surface area (Å²) < 4.78 is 0. The van der Waals surface area contributed by atoms with Gasteiger partial charge in [-0.1, -0.05) is 0 Å². The Kier molecular flexibility index (Phi) is 4.58. The van der Waals surface area contributed by atoms with Crippen LogP contribution >= 0.6 is 0 Å². The number of anilines is 1. The van der Waals surface area contributed by atoms with Gasteiger partial charge in [-0.2, -0.15) is 0 Å². The minimum atomic E-state index is -0.594. The molecule has 8 nitrogen and oxygen atoms in total. The Balaban J connectivity index is 3.15. The van der Waals surface area contributed by atoms with Crippen molar-refractivity contribution in [2.45, 2.75) is 0 Å². The topological polar surface area (TPSA) is 122 Å². The molecule has 1 aromatic carbocycles. The summed E-state index contributed by atoms with van der Waals surface area (Å²) in [5, 5.41) is 19.4. The fourth-order valence-electron chi connectivity index (χ4n) is 1.41. The van der Waals surface area contributed by atoms with Crippen molar-refractivity contribution in [2.24, 2.45) is 5.84 Å². The first-order valence-electron chi connectivity index (χ1n) is 5.12. The molecule has 0 saturated carbocycles. The molecule has 0 saturated heterocycles. The number of hydrogen-bond acceptors (Lipinski definition) is 6. The van der Waals surface area contributed by atoms with Gasteiger partial charge in [0, 0.05) is 25.7 Å². The molecule has 8 heteroatoms. The van der Waals surface area contributed by atoms with Gasteiger partial charge in [-0.15, -0.1) is 0 Å². The van der Waals surface area contributed by atoms with Crippen molar-refractivity contribution in [2.75, 3.05) is 25.6 Å². The van der Waals surface area contributed by atoms with E-state index < -0.39 is 10.8 Å². The highest BCUT2D eigenvalue weighted by Gasteiger charge is 2.19. The number of nitro benzene ring substituents is 1. The quantitative estimate of drug-likeness (QED) is 0.384. The second kappa shape index (κ2) is 5.94. The first kappa shape index (κ1) is 13.9. The Morgan fingerprint density at radius 1 is 1.61 bits per heavy atom. The van der Waals surface area contributed by atoms with Gasteiger partial charge in [-0.3, -0.25) is 20.8 Å². The highest BCUT2D eigenvalue weighted by atomic mass is 16.6. The van der Waals surface area contributed by atoms with Crippen molar-refractivity contribution in [3.8, 4) is 0 Å². The Labute approximate surface area is 103 Å². The number of nitrogens with two attached hydrogens (primary N) is 1. The molecule has 0 fully saturated rings. The summed E-state index contributed by atoms with van der Waals surface area (Å²) in [5.41, 5.74) is 2.48. The molecular weight excluding hydrogens is 240 g/mol. The maximum Gasteiger partial charge on any atom is 0.270 e. The molecule has 0 radical (unpaired) electrons. The number of carbonyl (C=O) groups is 1. The fraction of sp³-hybridized carbons (Fsp3) is 0.300. The predicted molar refractivity (Wildman–Crippen MR) is 65.0 cm³/mol. The third-order valence-corrected chi connectivity index (χ3v) is 2.38. The van der Waals surface area contributed by atoms with E-state index >= 15 is 0 Å². The number of likely N-dealkylation sites (N-methyl/N-ethyl adjacent to an activating group) is 1. The highest BCUT2D eigenvalue weighted by molar-refractivity contribution is 6.00. The Bertz CT molecular complexity index is 463. The number of non-ortho nitro benzene ring substituents is 1. The first-order chi connectivity index (χ1) is 8.51. The van der Waals surface area contributed by atoms with Crippen LogP contribution in [-0.2, 0) is 0 Å². The van der Waals surface area contributed by atoms with Gasteiger partial charge in [0.25, 0.3) is 11.6 Å². The second-order valence-corrected chi connectivity index (χ2v) is 3.58. The molecule has 0 aromatic heterocycles. The summed E-state index contributed by atoms with van der Waals surface area (Å²) in [6.45, 7) is -0.0614. The third kappa shape index (κ3) is 2.93. The highest BCUT2D eigenvalue weighted by Crippen LogP contribution is 2.22. The molecule has 0 bridgehead atoms. The number of nitrogens with zero attached hydrogens (tertiary/aromatic N) is 2. The van der Waals surface area contributed by atoms with Crippen molar-refractivity contribution >= 4 is 17.3 Å². The summed E-state index contributed by atoms with van der Waals surface area (Å²) in [4.78, 5) is 23.3. The number of nitrogens with one attached hydrogen (secondary N) is 1. The SMILES string of the molecule is CN(CCO)C(=O)c1cc([N+](=O)[O-])ccc1NN. The molecule has 4 N–H and O–H groups in total. The van der Waals surface area contributed by atoms with Crippen LogP contribution < -0.4 is 11.3 Å². The number of hydrogen-bond donors (Lipinski definition) is 3. The van der Waals surface area contributed by atoms with Gasteiger partial charge in [0.05, 0.1) is 22.8 Å². The number of hydrazine groups is 1. The monoisotopic (exact) mass is 254 g/mol. The summed E-state index contributed by atoms with van der Waals surface area (Å²) in [6.07, 6.45) is 0. The van der Waals surface area contributed by atoms with Crippen molar-refractivity contribution < 1.29 is 14.8 Å². The summed E-state index contributed by atoms with van der Waals surface area (Å²) in [6, 6.07) is 3.75.